The second kappa shape index (κ2) is 2.78. The third kappa shape index (κ3) is 1.15. The number of nitroso groups, excluding NO2 is 1. The van der Waals surface area contributed by atoms with Gasteiger partial charge in [0.05, 0.1) is 6.07 Å². The smallest absolute Gasteiger partial charge is 0.188 e. The van der Waals surface area contributed by atoms with E-state index in [0.717, 1.165) is 19.3 Å². The van der Waals surface area contributed by atoms with Crippen molar-refractivity contribution in [3.8, 4) is 6.07 Å². The van der Waals surface area contributed by atoms with Crippen LogP contribution in [0, 0.1) is 16.2 Å². The number of nitriles is 1. The van der Waals surface area contributed by atoms with E-state index in [4.69, 9.17) is 5.26 Å². The van der Waals surface area contributed by atoms with E-state index >= 15 is 0 Å². The lowest BCUT2D eigenvalue weighted by atomic mass is 9.84. The summed E-state index contributed by atoms with van der Waals surface area (Å²) in [7, 11) is 0. The Hall–Kier alpha value is -0.910. The zero-order valence-corrected chi connectivity index (χ0v) is 5.84. The molecule has 0 spiro atoms. The molecular weight excluding hydrogens is 128 g/mol. The SMILES string of the molecule is N#CC1(N=O)CCCCC1. The van der Waals surface area contributed by atoms with Crippen molar-refractivity contribution in [1.29, 1.82) is 5.26 Å². The lowest BCUT2D eigenvalue weighted by molar-refractivity contribution is 0.367. The molecule has 1 fully saturated rings. The largest absolute Gasteiger partial charge is 0.195 e. The van der Waals surface area contributed by atoms with Crippen LogP contribution in [0.4, 0.5) is 0 Å². The first kappa shape index (κ1) is 7.20. The molecule has 1 rings (SSSR count). The van der Waals surface area contributed by atoms with Crippen LogP contribution in [-0.4, -0.2) is 5.54 Å². The van der Waals surface area contributed by atoms with Crippen LogP contribution in [0.15, 0.2) is 5.18 Å². The van der Waals surface area contributed by atoms with Gasteiger partial charge in [-0.15, -0.1) is 4.91 Å². The zero-order valence-electron chi connectivity index (χ0n) is 5.84. The molecule has 1 aliphatic carbocycles. The maximum atomic E-state index is 10.2. The van der Waals surface area contributed by atoms with Crippen molar-refractivity contribution in [3.05, 3.63) is 4.91 Å². The highest BCUT2D eigenvalue weighted by Crippen LogP contribution is 2.30. The summed E-state index contributed by atoms with van der Waals surface area (Å²) in [5.74, 6) is 0. The maximum Gasteiger partial charge on any atom is 0.188 e. The van der Waals surface area contributed by atoms with Crippen molar-refractivity contribution in [1.82, 2.24) is 0 Å². The van der Waals surface area contributed by atoms with Crippen molar-refractivity contribution in [2.45, 2.75) is 37.6 Å². The van der Waals surface area contributed by atoms with Crippen LogP contribution in [-0.2, 0) is 0 Å². The van der Waals surface area contributed by atoms with Crippen LogP contribution >= 0.6 is 0 Å². The lowest BCUT2D eigenvalue weighted by Gasteiger charge is -2.22. The van der Waals surface area contributed by atoms with Gasteiger partial charge < -0.3 is 0 Å². The predicted molar refractivity (Wildman–Crippen MR) is 37.2 cm³/mol. The van der Waals surface area contributed by atoms with Crippen molar-refractivity contribution < 1.29 is 0 Å². The van der Waals surface area contributed by atoms with Crippen molar-refractivity contribution in [3.63, 3.8) is 0 Å². The van der Waals surface area contributed by atoms with E-state index in [1.54, 1.807) is 0 Å². The van der Waals surface area contributed by atoms with Gasteiger partial charge in [-0.2, -0.15) is 5.26 Å². The Morgan fingerprint density at radius 2 is 1.90 bits per heavy atom. The lowest BCUT2D eigenvalue weighted by Crippen LogP contribution is -2.26. The van der Waals surface area contributed by atoms with E-state index in [1.165, 1.54) is 0 Å². The molecule has 0 radical (unpaired) electrons. The van der Waals surface area contributed by atoms with E-state index in [2.05, 4.69) is 5.18 Å². The summed E-state index contributed by atoms with van der Waals surface area (Å²) in [5.41, 5.74) is -0.863. The molecule has 3 nitrogen and oxygen atoms in total. The Morgan fingerprint density at radius 1 is 1.30 bits per heavy atom. The minimum Gasteiger partial charge on any atom is -0.195 e. The quantitative estimate of drug-likeness (QED) is 0.520. The predicted octanol–water partition coefficient (Wildman–Crippen LogP) is 1.98. The van der Waals surface area contributed by atoms with Gasteiger partial charge in [0.1, 0.15) is 0 Å². The molecule has 0 atom stereocenters. The first-order valence-corrected chi connectivity index (χ1v) is 3.59. The van der Waals surface area contributed by atoms with Crippen LogP contribution in [0.25, 0.3) is 0 Å². The molecule has 0 saturated heterocycles. The van der Waals surface area contributed by atoms with Crippen LogP contribution < -0.4 is 0 Å². The molecule has 0 aromatic heterocycles. The van der Waals surface area contributed by atoms with Gasteiger partial charge in [0, 0.05) is 0 Å². The maximum absolute atomic E-state index is 10.2. The Morgan fingerprint density at radius 3 is 2.20 bits per heavy atom. The van der Waals surface area contributed by atoms with Crippen molar-refractivity contribution in [2.24, 2.45) is 5.18 Å². The number of hydrogen-bond acceptors (Lipinski definition) is 3. The molecule has 0 aliphatic heterocycles. The van der Waals surface area contributed by atoms with Gasteiger partial charge in [-0.1, -0.05) is 6.42 Å². The number of nitrogens with zero attached hydrogens (tertiary/aromatic N) is 2. The van der Waals surface area contributed by atoms with Crippen LogP contribution in [0.5, 0.6) is 0 Å². The van der Waals surface area contributed by atoms with E-state index in [1.807, 2.05) is 6.07 Å². The fourth-order valence-electron chi connectivity index (χ4n) is 1.36. The molecule has 0 amide bonds. The summed E-state index contributed by atoms with van der Waals surface area (Å²) in [5, 5.41) is 11.5. The zero-order chi connectivity index (χ0) is 7.45. The fourth-order valence-corrected chi connectivity index (χ4v) is 1.36. The second-order valence-electron chi connectivity index (χ2n) is 2.80. The normalized spacial score (nSPS) is 23.1. The summed E-state index contributed by atoms with van der Waals surface area (Å²) in [6.45, 7) is 0. The highest BCUT2D eigenvalue weighted by molar-refractivity contribution is 5.08. The van der Waals surface area contributed by atoms with Crippen molar-refractivity contribution in [2.75, 3.05) is 0 Å². The Labute approximate surface area is 60.0 Å². The average molecular weight is 138 g/mol. The van der Waals surface area contributed by atoms with Crippen LogP contribution in [0.3, 0.4) is 0 Å². The van der Waals surface area contributed by atoms with Gasteiger partial charge in [0.2, 0.25) is 0 Å². The minimum atomic E-state index is -0.863. The molecule has 0 heterocycles. The van der Waals surface area contributed by atoms with Gasteiger partial charge >= 0.3 is 0 Å². The molecule has 0 aromatic carbocycles. The molecule has 0 bridgehead atoms. The van der Waals surface area contributed by atoms with Crippen LogP contribution in [0.1, 0.15) is 32.1 Å². The summed E-state index contributed by atoms with van der Waals surface area (Å²) in [4.78, 5) is 10.2. The Bertz CT molecular complexity index is 165. The third-order valence-electron chi connectivity index (χ3n) is 2.06. The first-order chi connectivity index (χ1) is 4.83. The molecule has 0 aromatic rings. The highest BCUT2D eigenvalue weighted by Gasteiger charge is 2.33. The van der Waals surface area contributed by atoms with Gasteiger partial charge in [0.15, 0.2) is 5.54 Å². The first-order valence-electron chi connectivity index (χ1n) is 3.59. The van der Waals surface area contributed by atoms with E-state index in [-0.39, 0.29) is 0 Å². The van der Waals surface area contributed by atoms with Gasteiger partial charge in [-0.3, -0.25) is 0 Å². The third-order valence-corrected chi connectivity index (χ3v) is 2.06. The number of hydrogen-bond donors (Lipinski definition) is 0. The summed E-state index contributed by atoms with van der Waals surface area (Å²) in [6.07, 6.45) is 4.40. The van der Waals surface area contributed by atoms with Gasteiger partial charge in [-0.05, 0) is 30.9 Å². The fraction of sp³-hybridized carbons (Fsp3) is 0.857. The summed E-state index contributed by atoms with van der Waals surface area (Å²) < 4.78 is 0. The van der Waals surface area contributed by atoms with Crippen molar-refractivity contribution >= 4 is 0 Å². The molecule has 1 saturated carbocycles. The van der Waals surface area contributed by atoms with E-state index in [9.17, 15) is 4.91 Å². The highest BCUT2D eigenvalue weighted by atomic mass is 16.3. The molecule has 1 aliphatic rings. The average Bonchev–Trinajstić information content (AvgIpc) is 2.06. The number of rotatable bonds is 1. The van der Waals surface area contributed by atoms with Crippen LogP contribution in [0.2, 0.25) is 0 Å². The summed E-state index contributed by atoms with van der Waals surface area (Å²) >= 11 is 0. The molecule has 3 heteroatoms. The second-order valence-corrected chi connectivity index (χ2v) is 2.80. The topological polar surface area (TPSA) is 53.2 Å². The molecule has 0 unspecified atom stereocenters. The van der Waals surface area contributed by atoms with E-state index in [0.29, 0.717) is 12.8 Å². The monoisotopic (exact) mass is 138 g/mol. The van der Waals surface area contributed by atoms with Gasteiger partial charge in [0.25, 0.3) is 0 Å². The van der Waals surface area contributed by atoms with E-state index < -0.39 is 5.54 Å². The molecule has 0 N–H and O–H groups in total. The van der Waals surface area contributed by atoms with Gasteiger partial charge in [-0.25, -0.2) is 0 Å². The molecule has 54 valence electrons. The molecular formula is C7H10N2O. The standard InChI is InChI=1S/C7H10N2O/c8-6-7(9-10)4-2-1-3-5-7/h1-5H2. The Balaban J connectivity index is 2.63. The summed E-state index contributed by atoms with van der Waals surface area (Å²) in [6, 6.07) is 1.99. The Kier molecular flexibility index (Phi) is 2.00. The minimum absolute atomic E-state index is 0.660. The molecule has 10 heavy (non-hydrogen) atoms.